The van der Waals surface area contributed by atoms with Crippen molar-refractivity contribution in [3.8, 4) is 79.7 Å². The SMILES string of the molecule is CC1(C)c2ccccc2-n2c3ccc(-c4nc(-c5ccccc5)nc(-c5ccccc5)n4)cc3c3cccc1c32.CC1(C)c2ccccc2-n2c3ccccc3c3cc(-c4nc(-c5ccccc5)nc(-c5ccccc5)n4)cc1c32. The lowest BCUT2D eigenvalue weighted by atomic mass is 9.74. The minimum absolute atomic E-state index is 0.0906. The maximum absolute atomic E-state index is 5.05. The van der Waals surface area contributed by atoms with Crippen LogP contribution in [0.2, 0.25) is 0 Å². The van der Waals surface area contributed by atoms with E-state index in [2.05, 4.69) is 182 Å². The summed E-state index contributed by atoms with van der Waals surface area (Å²) in [5.41, 5.74) is 18.3. The molecule has 2 aliphatic heterocycles. The van der Waals surface area contributed by atoms with Crippen molar-refractivity contribution < 1.29 is 0 Å². The zero-order valence-electron chi connectivity index (χ0n) is 44.7. The van der Waals surface area contributed by atoms with Gasteiger partial charge in [0.15, 0.2) is 34.9 Å². The first-order chi connectivity index (χ1) is 39.2. The number of nitrogens with zero attached hydrogens (tertiary/aromatic N) is 8. The molecule has 0 atom stereocenters. The van der Waals surface area contributed by atoms with E-state index in [9.17, 15) is 0 Å². The molecule has 4 aromatic heterocycles. The summed E-state index contributed by atoms with van der Waals surface area (Å²) in [5.74, 6) is 4.03. The second-order valence-electron chi connectivity index (χ2n) is 21.9. The number of para-hydroxylation sites is 4. The standard InChI is InChI=1S/2C36H26N4/c1-36(2)28-18-10-12-20-31(28)40-30-19-11-9-17-26(30)27-21-25(22-29(36)32(27)40)35-38-33(23-13-5-3-6-14-23)37-34(39-35)24-15-7-4-8-16-24;1-36(2)28-17-9-10-19-31(28)40-30-21-20-25(22-27(30)26-16-11-18-29(36)32(26)40)35-38-33(23-12-5-3-6-13-23)37-34(39-35)24-14-7-4-8-15-24/h2*3-22H,1-2H3. The average Bonchev–Trinajstić information content (AvgIpc) is 4.18. The number of hydrogen-bond donors (Lipinski definition) is 0. The Bertz CT molecular complexity index is 4630. The number of rotatable bonds is 6. The maximum Gasteiger partial charge on any atom is 0.164 e. The highest BCUT2D eigenvalue weighted by atomic mass is 15.1. The van der Waals surface area contributed by atoms with Crippen molar-refractivity contribution in [2.45, 2.75) is 38.5 Å². The van der Waals surface area contributed by atoms with Crippen LogP contribution in [0.1, 0.15) is 49.9 Å². The number of aromatic nitrogens is 8. The molecule has 0 saturated carbocycles. The van der Waals surface area contributed by atoms with Crippen molar-refractivity contribution in [3.05, 3.63) is 265 Å². The van der Waals surface area contributed by atoms with Crippen LogP contribution in [0.3, 0.4) is 0 Å². The Kier molecular flexibility index (Phi) is 10.7. The summed E-state index contributed by atoms with van der Waals surface area (Å²) in [6.07, 6.45) is 0. The highest BCUT2D eigenvalue weighted by Crippen LogP contribution is 2.50. The monoisotopic (exact) mass is 1030 g/mol. The molecule has 2 aliphatic rings. The first-order valence-corrected chi connectivity index (χ1v) is 27.3. The van der Waals surface area contributed by atoms with Gasteiger partial charge in [-0.25, -0.2) is 29.9 Å². The van der Waals surface area contributed by atoms with Crippen molar-refractivity contribution in [2.75, 3.05) is 0 Å². The normalized spacial score (nSPS) is 13.4. The third kappa shape index (κ3) is 7.43. The minimum atomic E-state index is -0.202. The molecule has 0 amide bonds. The van der Waals surface area contributed by atoms with E-state index in [1.54, 1.807) is 0 Å². The molecule has 0 unspecified atom stereocenters. The molecule has 0 aliphatic carbocycles. The third-order valence-electron chi connectivity index (χ3n) is 16.5. The molecule has 8 nitrogen and oxygen atoms in total. The fourth-order valence-corrected chi connectivity index (χ4v) is 12.5. The second-order valence-corrected chi connectivity index (χ2v) is 21.9. The third-order valence-corrected chi connectivity index (χ3v) is 16.5. The van der Waals surface area contributed by atoms with E-state index in [4.69, 9.17) is 29.9 Å². The molecule has 0 bridgehead atoms. The zero-order valence-corrected chi connectivity index (χ0v) is 44.7. The minimum Gasteiger partial charge on any atom is -0.309 e. The van der Waals surface area contributed by atoms with Crippen LogP contribution < -0.4 is 0 Å². The highest BCUT2D eigenvalue weighted by Gasteiger charge is 2.37. The van der Waals surface area contributed by atoms with Crippen molar-refractivity contribution in [1.29, 1.82) is 0 Å². The predicted molar refractivity (Wildman–Crippen MR) is 325 cm³/mol. The summed E-state index contributed by atoms with van der Waals surface area (Å²) < 4.78 is 4.87. The topological polar surface area (TPSA) is 87.2 Å². The zero-order chi connectivity index (χ0) is 53.7. The Morgan fingerprint density at radius 2 is 0.613 bits per heavy atom. The smallest absolute Gasteiger partial charge is 0.164 e. The molecular formula is C72H52N8. The molecule has 0 fully saturated rings. The Morgan fingerprint density at radius 3 is 1.12 bits per heavy atom. The predicted octanol–water partition coefficient (Wildman–Crippen LogP) is 17.2. The lowest BCUT2D eigenvalue weighted by Gasteiger charge is -2.35. The first kappa shape index (κ1) is 47.1. The van der Waals surface area contributed by atoms with Crippen LogP contribution >= 0.6 is 0 Å². The molecule has 10 aromatic carbocycles. The average molecular weight is 1030 g/mol. The van der Waals surface area contributed by atoms with Gasteiger partial charge in [-0.05, 0) is 70.8 Å². The molecule has 380 valence electrons. The van der Waals surface area contributed by atoms with E-state index in [0.29, 0.717) is 34.9 Å². The van der Waals surface area contributed by atoms with E-state index >= 15 is 0 Å². The molecule has 0 N–H and O–H groups in total. The Labute approximate surface area is 463 Å². The van der Waals surface area contributed by atoms with Crippen LogP contribution in [0.15, 0.2) is 243 Å². The van der Waals surface area contributed by atoms with Crippen molar-refractivity contribution in [2.24, 2.45) is 0 Å². The highest BCUT2D eigenvalue weighted by molar-refractivity contribution is 6.14. The molecule has 16 rings (SSSR count). The Hall–Kier alpha value is -10.2. The molecule has 0 saturated heterocycles. The van der Waals surface area contributed by atoms with E-state index in [0.717, 1.165) is 33.4 Å². The van der Waals surface area contributed by atoms with Crippen LogP contribution in [0, 0.1) is 0 Å². The van der Waals surface area contributed by atoms with Crippen LogP contribution in [0.5, 0.6) is 0 Å². The van der Waals surface area contributed by atoms with E-state index in [1.165, 1.54) is 77.2 Å². The Morgan fingerprint density at radius 1 is 0.250 bits per heavy atom. The van der Waals surface area contributed by atoms with Crippen LogP contribution in [-0.2, 0) is 10.8 Å². The summed E-state index contributed by atoms with van der Waals surface area (Å²) in [4.78, 5) is 29.8. The summed E-state index contributed by atoms with van der Waals surface area (Å²) >= 11 is 0. The number of fused-ring (bicyclic) bond motifs is 10. The molecule has 8 heteroatoms. The summed E-state index contributed by atoms with van der Waals surface area (Å²) in [6, 6.07) is 84.7. The van der Waals surface area contributed by atoms with Gasteiger partial charge in [-0.3, -0.25) is 0 Å². The van der Waals surface area contributed by atoms with Crippen LogP contribution in [0.4, 0.5) is 0 Å². The van der Waals surface area contributed by atoms with Gasteiger partial charge in [0.05, 0.1) is 33.4 Å². The van der Waals surface area contributed by atoms with Crippen LogP contribution in [0.25, 0.3) is 123 Å². The van der Waals surface area contributed by atoms with Gasteiger partial charge in [0.1, 0.15) is 0 Å². The van der Waals surface area contributed by atoms with E-state index in [1.807, 2.05) is 97.1 Å². The quantitative estimate of drug-likeness (QED) is 0.165. The molecular weight excluding hydrogens is 977 g/mol. The van der Waals surface area contributed by atoms with E-state index < -0.39 is 0 Å². The molecule has 14 aromatic rings. The second kappa shape index (κ2) is 18.2. The van der Waals surface area contributed by atoms with E-state index in [-0.39, 0.29) is 10.8 Å². The molecule has 0 radical (unpaired) electrons. The molecule has 6 heterocycles. The summed E-state index contributed by atoms with van der Waals surface area (Å²) in [7, 11) is 0. The van der Waals surface area contributed by atoms with Gasteiger partial charge in [0.25, 0.3) is 0 Å². The first-order valence-electron chi connectivity index (χ1n) is 27.3. The van der Waals surface area contributed by atoms with Crippen molar-refractivity contribution in [3.63, 3.8) is 0 Å². The number of hydrogen-bond acceptors (Lipinski definition) is 6. The van der Waals surface area contributed by atoms with Crippen LogP contribution in [-0.4, -0.2) is 39.0 Å². The van der Waals surface area contributed by atoms with Crippen molar-refractivity contribution in [1.82, 2.24) is 39.0 Å². The van der Waals surface area contributed by atoms with Gasteiger partial charge in [0, 0.05) is 65.8 Å². The molecule has 0 spiro atoms. The number of benzene rings is 10. The fraction of sp³-hybridized carbons (Fsp3) is 0.0833. The van der Waals surface area contributed by atoms with Gasteiger partial charge in [-0.2, -0.15) is 0 Å². The largest absolute Gasteiger partial charge is 0.309 e. The van der Waals surface area contributed by atoms with Gasteiger partial charge in [-0.1, -0.05) is 222 Å². The van der Waals surface area contributed by atoms with Gasteiger partial charge >= 0.3 is 0 Å². The molecule has 80 heavy (non-hydrogen) atoms. The fourth-order valence-electron chi connectivity index (χ4n) is 12.5. The lowest BCUT2D eigenvalue weighted by molar-refractivity contribution is 0.630. The van der Waals surface area contributed by atoms with Crippen molar-refractivity contribution >= 4 is 43.6 Å². The van der Waals surface area contributed by atoms with Gasteiger partial charge in [-0.15, -0.1) is 0 Å². The maximum atomic E-state index is 5.05. The lowest BCUT2D eigenvalue weighted by Crippen LogP contribution is -2.26. The van der Waals surface area contributed by atoms with Gasteiger partial charge < -0.3 is 9.13 Å². The van der Waals surface area contributed by atoms with Gasteiger partial charge in [0.2, 0.25) is 0 Å². The summed E-state index contributed by atoms with van der Waals surface area (Å²) in [5, 5.41) is 4.89. The Balaban J connectivity index is 0.000000138. The summed E-state index contributed by atoms with van der Waals surface area (Å²) in [6.45, 7) is 9.30.